The van der Waals surface area contributed by atoms with Gasteiger partial charge in [0.15, 0.2) is 0 Å². The summed E-state index contributed by atoms with van der Waals surface area (Å²) in [7, 11) is 0. The minimum atomic E-state index is -0.767. The topological polar surface area (TPSA) is 84.2 Å². The molecule has 0 aliphatic carbocycles. The molecule has 0 spiro atoms. The van der Waals surface area contributed by atoms with Gasteiger partial charge in [0, 0.05) is 10.2 Å². The number of nitrogen functional groups attached to an aromatic ring is 1. The van der Waals surface area contributed by atoms with E-state index in [4.69, 9.17) is 5.73 Å². The van der Waals surface area contributed by atoms with Gasteiger partial charge in [0.2, 0.25) is 0 Å². The number of amides is 2. The van der Waals surface area contributed by atoms with E-state index >= 15 is 0 Å². The third kappa shape index (κ3) is 3.85. The number of anilines is 3. The van der Waals surface area contributed by atoms with E-state index in [-0.39, 0.29) is 0 Å². The second kappa shape index (κ2) is 6.62. The first kappa shape index (κ1) is 16.0. The van der Waals surface area contributed by atoms with E-state index in [0.29, 0.717) is 17.1 Å². The van der Waals surface area contributed by atoms with Crippen molar-refractivity contribution < 1.29 is 9.59 Å². The van der Waals surface area contributed by atoms with Crippen molar-refractivity contribution in [3.63, 3.8) is 0 Å². The second-order valence-electron chi connectivity index (χ2n) is 4.96. The van der Waals surface area contributed by atoms with E-state index in [1.165, 1.54) is 0 Å². The maximum atomic E-state index is 11.9. The standard InChI is InChI=1S/C16H16BrN3O2/c1-9-3-6-14(13(18)7-9)20-16(22)15(21)19-11-4-5-12(17)10(2)8-11/h3-8H,18H2,1-2H3,(H,19,21)(H,20,22). The number of nitrogens with two attached hydrogens (primary N) is 1. The van der Waals surface area contributed by atoms with Gasteiger partial charge in [-0.05, 0) is 55.3 Å². The van der Waals surface area contributed by atoms with Crippen molar-refractivity contribution in [3.05, 3.63) is 52.0 Å². The number of carbonyl (C=O) groups is 2. The predicted octanol–water partition coefficient (Wildman–Crippen LogP) is 3.23. The van der Waals surface area contributed by atoms with Crippen molar-refractivity contribution in [2.45, 2.75) is 13.8 Å². The Hall–Kier alpha value is -2.34. The van der Waals surface area contributed by atoms with Crippen LogP contribution in [0.15, 0.2) is 40.9 Å². The van der Waals surface area contributed by atoms with Crippen molar-refractivity contribution in [2.75, 3.05) is 16.4 Å². The minimum absolute atomic E-state index is 0.415. The van der Waals surface area contributed by atoms with E-state index in [1.54, 1.807) is 30.3 Å². The summed E-state index contributed by atoms with van der Waals surface area (Å²) < 4.78 is 0.933. The average molecular weight is 362 g/mol. The molecule has 0 heterocycles. The van der Waals surface area contributed by atoms with Gasteiger partial charge in [-0.15, -0.1) is 0 Å². The predicted molar refractivity (Wildman–Crippen MR) is 91.7 cm³/mol. The molecule has 5 nitrogen and oxygen atoms in total. The van der Waals surface area contributed by atoms with Crippen LogP contribution in [-0.2, 0) is 9.59 Å². The van der Waals surface area contributed by atoms with E-state index in [1.807, 2.05) is 19.9 Å². The number of nitrogens with one attached hydrogen (secondary N) is 2. The van der Waals surface area contributed by atoms with Gasteiger partial charge >= 0.3 is 11.8 Å². The molecular formula is C16H16BrN3O2. The number of hydrogen-bond donors (Lipinski definition) is 3. The number of aryl methyl sites for hydroxylation is 2. The zero-order valence-electron chi connectivity index (χ0n) is 12.2. The Kier molecular flexibility index (Phi) is 4.82. The Bertz CT molecular complexity index is 744. The number of hydrogen-bond acceptors (Lipinski definition) is 3. The molecule has 6 heteroatoms. The van der Waals surface area contributed by atoms with Crippen molar-refractivity contribution >= 4 is 44.8 Å². The second-order valence-corrected chi connectivity index (χ2v) is 5.82. The van der Waals surface area contributed by atoms with Gasteiger partial charge in [-0.25, -0.2) is 0 Å². The molecule has 2 aromatic carbocycles. The first-order chi connectivity index (χ1) is 10.4. The van der Waals surface area contributed by atoms with E-state index < -0.39 is 11.8 Å². The van der Waals surface area contributed by atoms with Gasteiger partial charge in [-0.2, -0.15) is 0 Å². The number of rotatable bonds is 2. The Morgan fingerprint density at radius 2 is 1.68 bits per heavy atom. The molecule has 0 bridgehead atoms. The van der Waals surface area contributed by atoms with Gasteiger partial charge in [0.25, 0.3) is 0 Å². The lowest BCUT2D eigenvalue weighted by Crippen LogP contribution is -2.29. The summed E-state index contributed by atoms with van der Waals surface area (Å²) in [4.78, 5) is 23.8. The molecule has 2 amide bonds. The first-order valence-electron chi connectivity index (χ1n) is 6.61. The van der Waals surface area contributed by atoms with Crippen molar-refractivity contribution in [1.29, 1.82) is 0 Å². The van der Waals surface area contributed by atoms with Crippen molar-refractivity contribution in [3.8, 4) is 0 Å². The molecule has 0 aliphatic rings. The van der Waals surface area contributed by atoms with Gasteiger partial charge < -0.3 is 16.4 Å². The number of halogens is 1. The smallest absolute Gasteiger partial charge is 0.314 e. The molecule has 0 aromatic heterocycles. The Morgan fingerprint density at radius 1 is 1.00 bits per heavy atom. The monoisotopic (exact) mass is 361 g/mol. The fraction of sp³-hybridized carbons (Fsp3) is 0.125. The molecule has 0 aliphatic heterocycles. The van der Waals surface area contributed by atoms with Crippen LogP contribution in [0.25, 0.3) is 0 Å². The van der Waals surface area contributed by atoms with Crippen LogP contribution in [0.5, 0.6) is 0 Å². The average Bonchev–Trinajstić information content (AvgIpc) is 2.45. The molecule has 22 heavy (non-hydrogen) atoms. The zero-order chi connectivity index (χ0) is 16.3. The fourth-order valence-corrected chi connectivity index (χ4v) is 2.13. The molecule has 114 valence electrons. The third-order valence-corrected chi connectivity index (χ3v) is 3.97. The van der Waals surface area contributed by atoms with Gasteiger partial charge in [0.05, 0.1) is 11.4 Å². The quantitative estimate of drug-likeness (QED) is 0.567. The molecule has 0 atom stereocenters. The lowest BCUT2D eigenvalue weighted by molar-refractivity contribution is -0.132. The molecule has 4 N–H and O–H groups in total. The highest BCUT2D eigenvalue weighted by Gasteiger charge is 2.15. The van der Waals surface area contributed by atoms with E-state index in [2.05, 4.69) is 26.6 Å². The summed E-state index contributed by atoms with van der Waals surface area (Å²) in [5, 5.41) is 5.05. The maximum Gasteiger partial charge on any atom is 0.314 e. The van der Waals surface area contributed by atoms with E-state index in [0.717, 1.165) is 15.6 Å². The summed E-state index contributed by atoms with van der Waals surface area (Å²) in [5.41, 5.74) is 9.13. The van der Waals surface area contributed by atoms with Crippen LogP contribution in [0.3, 0.4) is 0 Å². The zero-order valence-corrected chi connectivity index (χ0v) is 13.8. The van der Waals surface area contributed by atoms with Crippen LogP contribution in [0.2, 0.25) is 0 Å². The summed E-state index contributed by atoms with van der Waals surface area (Å²) in [6, 6.07) is 10.5. The van der Waals surface area contributed by atoms with Crippen LogP contribution in [0.4, 0.5) is 17.1 Å². The Balaban J connectivity index is 2.05. The molecular weight excluding hydrogens is 346 g/mol. The lowest BCUT2D eigenvalue weighted by atomic mass is 10.2. The van der Waals surface area contributed by atoms with Crippen LogP contribution < -0.4 is 16.4 Å². The molecule has 0 saturated heterocycles. The van der Waals surface area contributed by atoms with Crippen LogP contribution in [0, 0.1) is 13.8 Å². The van der Waals surface area contributed by atoms with Gasteiger partial charge in [-0.3, -0.25) is 9.59 Å². The lowest BCUT2D eigenvalue weighted by Gasteiger charge is -2.10. The number of carbonyl (C=O) groups excluding carboxylic acids is 2. The fourth-order valence-electron chi connectivity index (χ4n) is 1.89. The van der Waals surface area contributed by atoms with Crippen molar-refractivity contribution in [2.24, 2.45) is 0 Å². The highest BCUT2D eigenvalue weighted by Crippen LogP contribution is 2.21. The summed E-state index contributed by atoms with van der Waals surface area (Å²) in [6.07, 6.45) is 0. The maximum absolute atomic E-state index is 11.9. The van der Waals surface area contributed by atoms with Gasteiger partial charge in [-0.1, -0.05) is 22.0 Å². The summed E-state index contributed by atoms with van der Waals surface area (Å²) in [5.74, 6) is -1.52. The minimum Gasteiger partial charge on any atom is -0.397 e. The largest absolute Gasteiger partial charge is 0.397 e. The van der Waals surface area contributed by atoms with Gasteiger partial charge in [0.1, 0.15) is 0 Å². The molecule has 0 saturated carbocycles. The van der Waals surface area contributed by atoms with Crippen LogP contribution in [-0.4, -0.2) is 11.8 Å². The first-order valence-corrected chi connectivity index (χ1v) is 7.40. The molecule has 0 fully saturated rings. The Labute approximate surface area is 137 Å². The normalized spacial score (nSPS) is 10.1. The highest BCUT2D eigenvalue weighted by molar-refractivity contribution is 9.10. The van der Waals surface area contributed by atoms with Crippen molar-refractivity contribution in [1.82, 2.24) is 0 Å². The van der Waals surface area contributed by atoms with Crippen LogP contribution >= 0.6 is 15.9 Å². The van der Waals surface area contributed by atoms with Crippen LogP contribution in [0.1, 0.15) is 11.1 Å². The molecule has 2 rings (SSSR count). The molecule has 0 radical (unpaired) electrons. The summed E-state index contributed by atoms with van der Waals surface area (Å²) >= 11 is 3.38. The third-order valence-electron chi connectivity index (χ3n) is 3.08. The number of benzene rings is 2. The Morgan fingerprint density at radius 3 is 2.32 bits per heavy atom. The molecule has 0 unspecified atom stereocenters. The molecule has 2 aromatic rings. The SMILES string of the molecule is Cc1ccc(NC(=O)C(=O)Nc2ccc(Br)c(C)c2)c(N)c1. The summed E-state index contributed by atoms with van der Waals surface area (Å²) in [6.45, 7) is 3.79. The van der Waals surface area contributed by atoms with E-state index in [9.17, 15) is 9.59 Å². The highest BCUT2D eigenvalue weighted by atomic mass is 79.9.